The first-order valence-corrected chi connectivity index (χ1v) is 4.74. The molecule has 0 aliphatic carbocycles. The Kier molecular flexibility index (Phi) is 5.24. The molecule has 88 valence electrons. The SMILES string of the molecule is CC(C)C(N)C(=O)N[C@H](C(=O)O)[C@@H](C)O. The van der Waals surface area contributed by atoms with E-state index in [-0.39, 0.29) is 5.92 Å². The molecule has 0 aromatic carbocycles. The topological polar surface area (TPSA) is 113 Å². The van der Waals surface area contributed by atoms with E-state index >= 15 is 0 Å². The van der Waals surface area contributed by atoms with E-state index in [9.17, 15) is 9.59 Å². The monoisotopic (exact) mass is 218 g/mol. The molecule has 0 spiro atoms. The smallest absolute Gasteiger partial charge is 0.328 e. The van der Waals surface area contributed by atoms with Gasteiger partial charge in [-0.3, -0.25) is 4.79 Å². The molecule has 1 amide bonds. The summed E-state index contributed by atoms with van der Waals surface area (Å²) in [7, 11) is 0. The van der Waals surface area contributed by atoms with Gasteiger partial charge in [-0.25, -0.2) is 4.79 Å². The van der Waals surface area contributed by atoms with E-state index in [0.29, 0.717) is 0 Å². The zero-order chi connectivity index (χ0) is 12.2. The van der Waals surface area contributed by atoms with Gasteiger partial charge in [0.1, 0.15) is 0 Å². The number of hydrogen-bond acceptors (Lipinski definition) is 4. The molecule has 6 heteroatoms. The Labute approximate surface area is 88.5 Å². The second kappa shape index (κ2) is 5.67. The van der Waals surface area contributed by atoms with E-state index < -0.39 is 30.1 Å². The standard InChI is InChI=1S/C9H18N2O4/c1-4(2)6(10)8(13)11-7(5(3)12)9(14)15/h4-7,12H,10H2,1-3H3,(H,11,13)(H,14,15)/t5-,6?,7+/m1/s1. The predicted molar refractivity (Wildman–Crippen MR) is 54.1 cm³/mol. The van der Waals surface area contributed by atoms with E-state index in [0.717, 1.165) is 0 Å². The summed E-state index contributed by atoms with van der Waals surface area (Å²) in [6.07, 6.45) is -1.16. The summed E-state index contributed by atoms with van der Waals surface area (Å²) in [6.45, 7) is 4.80. The van der Waals surface area contributed by atoms with Crippen LogP contribution in [0, 0.1) is 5.92 Å². The van der Waals surface area contributed by atoms with Crippen LogP contribution in [0.5, 0.6) is 0 Å². The lowest BCUT2D eigenvalue weighted by molar-refractivity contribution is -0.145. The number of nitrogens with one attached hydrogen (secondary N) is 1. The van der Waals surface area contributed by atoms with Gasteiger partial charge >= 0.3 is 5.97 Å². The average Bonchev–Trinajstić information content (AvgIpc) is 2.11. The normalized spacial score (nSPS) is 16.9. The molecule has 0 radical (unpaired) electrons. The number of carbonyl (C=O) groups excluding carboxylic acids is 1. The molecule has 15 heavy (non-hydrogen) atoms. The van der Waals surface area contributed by atoms with Crippen molar-refractivity contribution in [2.75, 3.05) is 0 Å². The van der Waals surface area contributed by atoms with Gasteiger partial charge in [-0.15, -0.1) is 0 Å². The minimum atomic E-state index is -1.32. The Morgan fingerprint density at radius 1 is 1.27 bits per heavy atom. The van der Waals surface area contributed by atoms with Crippen LogP contribution in [0.2, 0.25) is 0 Å². The number of aliphatic hydroxyl groups is 1. The van der Waals surface area contributed by atoms with Crippen molar-refractivity contribution in [3.8, 4) is 0 Å². The molecule has 0 aliphatic rings. The van der Waals surface area contributed by atoms with Gasteiger partial charge in [0.05, 0.1) is 12.1 Å². The fraction of sp³-hybridized carbons (Fsp3) is 0.778. The summed E-state index contributed by atoms with van der Waals surface area (Å²) >= 11 is 0. The second-order valence-electron chi connectivity index (χ2n) is 3.83. The van der Waals surface area contributed by atoms with E-state index in [1.807, 2.05) is 0 Å². The summed E-state index contributed by atoms with van der Waals surface area (Å²) in [4.78, 5) is 22.0. The fourth-order valence-electron chi connectivity index (χ4n) is 0.941. The van der Waals surface area contributed by atoms with Crippen LogP contribution in [0.25, 0.3) is 0 Å². The molecule has 3 atom stereocenters. The molecule has 0 aromatic heterocycles. The van der Waals surface area contributed by atoms with Crippen LogP contribution in [0.1, 0.15) is 20.8 Å². The van der Waals surface area contributed by atoms with Crippen LogP contribution < -0.4 is 11.1 Å². The number of amides is 1. The van der Waals surface area contributed by atoms with E-state index in [4.69, 9.17) is 15.9 Å². The number of aliphatic hydroxyl groups excluding tert-OH is 1. The highest BCUT2D eigenvalue weighted by atomic mass is 16.4. The zero-order valence-corrected chi connectivity index (χ0v) is 9.10. The lowest BCUT2D eigenvalue weighted by atomic mass is 10.0. The highest BCUT2D eigenvalue weighted by Crippen LogP contribution is 2.00. The van der Waals surface area contributed by atoms with Crippen LogP contribution >= 0.6 is 0 Å². The van der Waals surface area contributed by atoms with E-state index in [1.165, 1.54) is 6.92 Å². The number of nitrogens with two attached hydrogens (primary N) is 1. The maximum Gasteiger partial charge on any atom is 0.328 e. The van der Waals surface area contributed by atoms with Gasteiger partial charge in [0.15, 0.2) is 6.04 Å². The fourth-order valence-corrected chi connectivity index (χ4v) is 0.941. The molecule has 1 unspecified atom stereocenters. The Morgan fingerprint density at radius 2 is 1.73 bits per heavy atom. The van der Waals surface area contributed by atoms with Gasteiger partial charge in [-0.1, -0.05) is 13.8 Å². The van der Waals surface area contributed by atoms with Crippen molar-refractivity contribution in [3.63, 3.8) is 0 Å². The third-order valence-electron chi connectivity index (χ3n) is 2.07. The van der Waals surface area contributed by atoms with Gasteiger partial charge in [0.25, 0.3) is 0 Å². The number of hydrogen-bond donors (Lipinski definition) is 4. The second-order valence-corrected chi connectivity index (χ2v) is 3.83. The maximum absolute atomic E-state index is 11.4. The van der Waals surface area contributed by atoms with Gasteiger partial charge in [0.2, 0.25) is 5.91 Å². The highest BCUT2D eigenvalue weighted by Gasteiger charge is 2.27. The first-order chi connectivity index (χ1) is 6.77. The Bertz CT molecular complexity index is 240. The zero-order valence-electron chi connectivity index (χ0n) is 9.10. The summed E-state index contributed by atoms with van der Waals surface area (Å²) in [5.41, 5.74) is 5.52. The highest BCUT2D eigenvalue weighted by molar-refractivity contribution is 5.87. The first-order valence-electron chi connectivity index (χ1n) is 4.74. The Hall–Kier alpha value is -1.14. The van der Waals surface area contributed by atoms with Crippen molar-refractivity contribution in [2.24, 2.45) is 11.7 Å². The number of rotatable bonds is 5. The van der Waals surface area contributed by atoms with Crippen molar-refractivity contribution < 1.29 is 19.8 Å². The van der Waals surface area contributed by atoms with Crippen molar-refractivity contribution in [1.29, 1.82) is 0 Å². The lowest BCUT2D eigenvalue weighted by Gasteiger charge is -2.21. The largest absolute Gasteiger partial charge is 0.480 e. The first kappa shape index (κ1) is 13.9. The number of carboxylic acid groups (broad SMARTS) is 1. The molecule has 0 fully saturated rings. The van der Waals surface area contributed by atoms with Gasteiger partial charge in [-0.2, -0.15) is 0 Å². The third kappa shape index (κ3) is 4.26. The lowest BCUT2D eigenvalue weighted by Crippen LogP contribution is -2.53. The molecule has 6 nitrogen and oxygen atoms in total. The minimum Gasteiger partial charge on any atom is -0.480 e. The Balaban J connectivity index is 4.43. The van der Waals surface area contributed by atoms with Crippen molar-refractivity contribution in [2.45, 2.75) is 39.0 Å². The molecule has 0 saturated heterocycles. The maximum atomic E-state index is 11.4. The van der Waals surface area contributed by atoms with Crippen LogP contribution in [-0.2, 0) is 9.59 Å². The number of aliphatic carboxylic acids is 1. The predicted octanol–water partition coefficient (Wildman–Crippen LogP) is -1.08. The van der Waals surface area contributed by atoms with Crippen LogP contribution in [0.4, 0.5) is 0 Å². The van der Waals surface area contributed by atoms with Crippen molar-refractivity contribution in [3.05, 3.63) is 0 Å². The van der Waals surface area contributed by atoms with Crippen LogP contribution in [0.15, 0.2) is 0 Å². The molecule has 5 N–H and O–H groups in total. The molecule has 0 heterocycles. The Morgan fingerprint density at radius 3 is 2.00 bits per heavy atom. The summed E-state index contributed by atoms with van der Waals surface area (Å²) in [5.74, 6) is -1.94. The quantitative estimate of drug-likeness (QED) is 0.469. The molecular weight excluding hydrogens is 200 g/mol. The van der Waals surface area contributed by atoms with Crippen LogP contribution in [-0.4, -0.2) is 40.3 Å². The minimum absolute atomic E-state index is 0.0894. The molecule has 0 aliphatic heterocycles. The molecule has 0 aromatic rings. The van der Waals surface area contributed by atoms with Crippen molar-refractivity contribution in [1.82, 2.24) is 5.32 Å². The summed E-state index contributed by atoms with van der Waals surface area (Å²) in [6, 6.07) is -2.09. The summed E-state index contributed by atoms with van der Waals surface area (Å²) in [5, 5.41) is 20.0. The average molecular weight is 218 g/mol. The molecule has 0 saturated carbocycles. The van der Waals surface area contributed by atoms with Gasteiger partial charge in [0, 0.05) is 0 Å². The van der Waals surface area contributed by atoms with Gasteiger partial charge < -0.3 is 21.3 Å². The van der Waals surface area contributed by atoms with E-state index in [1.54, 1.807) is 13.8 Å². The van der Waals surface area contributed by atoms with Crippen molar-refractivity contribution >= 4 is 11.9 Å². The number of carboxylic acids is 1. The summed E-state index contributed by atoms with van der Waals surface area (Å²) < 4.78 is 0. The van der Waals surface area contributed by atoms with Gasteiger partial charge in [-0.05, 0) is 12.8 Å². The third-order valence-corrected chi connectivity index (χ3v) is 2.07. The van der Waals surface area contributed by atoms with Crippen LogP contribution in [0.3, 0.4) is 0 Å². The molecule has 0 rings (SSSR count). The molecular formula is C9H18N2O4. The van der Waals surface area contributed by atoms with E-state index in [2.05, 4.69) is 5.32 Å². The molecule has 0 bridgehead atoms. The number of carbonyl (C=O) groups is 2.